The fourth-order valence-corrected chi connectivity index (χ4v) is 1.97. The van der Waals surface area contributed by atoms with E-state index in [-0.39, 0.29) is 18.3 Å². The Hall–Kier alpha value is -2.63. The number of benzene rings is 1. The Balaban J connectivity index is 2.16. The Labute approximate surface area is 122 Å². The van der Waals surface area contributed by atoms with E-state index in [1.54, 1.807) is 17.9 Å². The molecule has 2 rings (SSSR count). The van der Waals surface area contributed by atoms with Crippen LogP contribution in [0.1, 0.15) is 28.4 Å². The first-order valence-electron chi connectivity index (χ1n) is 6.51. The van der Waals surface area contributed by atoms with E-state index in [2.05, 4.69) is 15.2 Å². The van der Waals surface area contributed by atoms with Crippen LogP contribution in [-0.4, -0.2) is 28.8 Å². The minimum atomic E-state index is -0.439. The third kappa shape index (κ3) is 3.92. The molecular weight excluding hydrogens is 270 g/mol. The number of carbonyl (C=O) groups excluding carboxylic acids is 2. The van der Waals surface area contributed by atoms with Crippen molar-refractivity contribution in [3.8, 4) is 0 Å². The molecule has 1 amide bonds. The number of nitrogens with zero attached hydrogens (tertiary/aromatic N) is 2. The smallest absolute Gasteiger partial charge is 0.307 e. The van der Waals surface area contributed by atoms with Gasteiger partial charge in [-0.25, -0.2) is 0 Å². The maximum Gasteiger partial charge on any atom is 0.307 e. The zero-order valence-electron chi connectivity index (χ0n) is 11.9. The Morgan fingerprint density at radius 2 is 2.05 bits per heavy atom. The standard InChI is InChI=1S/C15H17N3O3/c1-18-10-12(9-16-18)15(20)17-13(8-14(19)21-2)11-6-4-3-5-7-11/h3-7,9-10,13H,8H2,1-2H3,(H,17,20)/t13-/m1/s1. The summed E-state index contributed by atoms with van der Waals surface area (Å²) in [6, 6.07) is 8.87. The van der Waals surface area contributed by atoms with Crippen molar-refractivity contribution in [1.29, 1.82) is 0 Å². The molecule has 0 bridgehead atoms. The van der Waals surface area contributed by atoms with Crippen molar-refractivity contribution < 1.29 is 14.3 Å². The molecule has 0 unspecified atom stereocenters. The van der Waals surface area contributed by atoms with Gasteiger partial charge in [-0.2, -0.15) is 5.10 Å². The molecule has 6 heteroatoms. The molecule has 0 aliphatic carbocycles. The number of aryl methyl sites for hydroxylation is 1. The number of nitrogens with one attached hydrogen (secondary N) is 1. The summed E-state index contributed by atoms with van der Waals surface area (Å²) in [5.41, 5.74) is 1.29. The molecule has 110 valence electrons. The summed E-state index contributed by atoms with van der Waals surface area (Å²) in [7, 11) is 3.06. The molecule has 1 N–H and O–H groups in total. The van der Waals surface area contributed by atoms with Gasteiger partial charge in [0.05, 0.1) is 31.3 Å². The van der Waals surface area contributed by atoms with Crippen LogP contribution < -0.4 is 5.32 Å². The quantitative estimate of drug-likeness (QED) is 0.845. The predicted molar refractivity (Wildman–Crippen MR) is 76.5 cm³/mol. The second-order valence-electron chi connectivity index (χ2n) is 4.62. The average molecular weight is 287 g/mol. The molecule has 1 aromatic carbocycles. The van der Waals surface area contributed by atoms with Crippen molar-refractivity contribution in [2.75, 3.05) is 7.11 Å². The summed E-state index contributed by atoms with van der Waals surface area (Å²) in [5, 5.41) is 6.79. The molecule has 1 atom stereocenters. The maximum atomic E-state index is 12.2. The van der Waals surface area contributed by atoms with E-state index in [9.17, 15) is 9.59 Å². The van der Waals surface area contributed by atoms with Crippen LogP contribution in [0.2, 0.25) is 0 Å². The monoisotopic (exact) mass is 287 g/mol. The Kier molecular flexibility index (Phi) is 4.71. The number of carbonyl (C=O) groups is 2. The third-order valence-corrected chi connectivity index (χ3v) is 3.07. The van der Waals surface area contributed by atoms with Crippen molar-refractivity contribution in [1.82, 2.24) is 15.1 Å². The molecule has 21 heavy (non-hydrogen) atoms. The lowest BCUT2D eigenvalue weighted by atomic mass is 10.0. The second-order valence-corrected chi connectivity index (χ2v) is 4.62. The number of hydrogen-bond donors (Lipinski definition) is 1. The average Bonchev–Trinajstić information content (AvgIpc) is 2.94. The summed E-state index contributed by atoms with van der Waals surface area (Å²) in [4.78, 5) is 23.7. The van der Waals surface area contributed by atoms with E-state index >= 15 is 0 Å². The van der Waals surface area contributed by atoms with Crippen LogP contribution in [0.3, 0.4) is 0 Å². The largest absolute Gasteiger partial charge is 0.469 e. The first-order chi connectivity index (χ1) is 10.1. The number of rotatable bonds is 5. The van der Waals surface area contributed by atoms with Gasteiger partial charge in [0, 0.05) is 13.2 Å². The number of hydrogen-bond acceptors (Lipinski definition) is 4. The molecular formula is C15H17N3O3. The van der Waals surface area contributed by atoms with Crippen molar-refractivity contribution in [3.05, 3.63) is 53.9 Å². The minimum Gasteiger partial charge on any atom is -0.469 e. The highest BCUT2D eigenvalue weighted by atomic mass is 16.5. The van der Waals surface area contributed by atoms with Gasteiger partial charge in [-0.05, 0) is 5.56 Å². The lowest BCUT2D eigenvalue weighted by Gasteiger charge is -2.17. The number of methoxy groups -OCH3 is 1. The molecule has 0 aliphatic rings. The third-order valence-electron chi connectivity index (χ3n) is 3.07. The normalized spacial score (nSPS) is 11.7. The van der Waals surface area contributed by atoms with Gasteiger partial charge in [0.2, 0.25) is 0 Å². The van der Waals surface area contributed by atoms with Gasteiger partial charge >= 0.3 is 5.97 Å². The van der Waals surface area contributed by atoms with Crippen LogP contribution in [0.4, 0.5) is 0 Å². The Bertz CT molecular complexity index is 622. The highest BCUT2D eigenvalue weighted by Gasteiger charge is 2.20. The first-order valence-corrected chi connectivity index (χ1v) is 6.51. The van der Waals surface area contributed by atoms with Gasteiger partial charge in [0.1, 0.15) is 0 Å². The van der Waals surface area contributed by atoms with Crippen LogP contribution >= 0.6 is 0 Å². The van der Waals surface area contributed by atoms with Gasteiger partial charge in [0.25, 0.3) is 5.91 Å². The molecule has 1 aromatic heterocycles. The molecule has 1 heterocycles. The van der Waals surface area contributed by atoms with E-state index in [1.165, 1.54) is 13.3 Å². The molecule has 0 aliphatic heterocycles. The van der Waals surface area contributed by atoms with Crippen molar-refractivity contribution >= 4 is 11.9 Å². The minimum absolute atomic E-state index is 0.0759. The summed E-state index contributed by atoms with van der Waals surface area (Å²) >= 11 is 0. The van der Waals surface area contributed by atoms with Crippen LogP contribution in [0.5, 0.6) is 0 Å². The van der Waals surface area contributed by atoms with Crippen molar-refractivity contribution in [2.24, 2.45) is 7.05 Å². The van der Waals surface area contributed by atoms with Gasteiger partial charge in [-0.15, -0.1) is 0 Å². The molecule has 0 radical (unpaired) electrons. The molecule has 0 saturated carbocycles. The summed E-state index contributed by atoms with van der Waals surface area (Å²) in [5.74, 6) is -0.656. The molecule has 0 fully saturated rings. The van der Waals surface area contributed by atoms with Gasteiger partial charge in [0.15, 0.2) is 0 Å². The SMILES string of the molecule is COC(=O)C[C@@H](NC(=O)c1cnn(C)c1)c1ccccc1. The fraction of sp³-hybridized carbons (Fsp3) is 0.267. The van der Waals surface area contributed by atoms with Gasteiger partial charge < -0.3 is 10.1 Å². The van der Waals surface area contributed by atoms with E-state index < -0.39 is 6.04 Å². The maximum absolute atomic E-state index is 12.2. The van der Waals surface area contributed by atoms with Crippen LogP contribution in [0.25, 0.3) is 0 Å². The van der Waals surface area contributed by atoms with Gasteiger partial charge in [-0.1, -0.05) is 30.3 Å². The molecule has 6 nitrogen and oxygen atoms in total. The summed E-state index contributed by atoms with van der Waals surface area (Å²) in [6.45, 7) is 0. The lowest BCUT2D eigenvalue weighted by Crippen LogP contribution is -2.30. The fourth-order valence-electron chi connectivity index (χ4n) is 1.97. The van der Waals surface area contributed by atoms with E-state index in [0.29, 0.717) is 5.56 Å². The zero-order chi connectivity index (χ0) is 15.2. The van der Waals surface area contributed by atoms with E-state index in [0.717, 1.165) is 5.56 Å². The van der Waals surface area contributed by atoms with Crippen LogP contribution in [0, 0.1) is 0 Å². The van der Waals surface area contributed by atoms with Gasteiger partial charge in [-0.3, -0.25) is 14.3 Å². The van der Waals surface area contributed by atoms with E-state index in [1.807, 2.05) is 30.3 Å². The molecule has 0 saturated heterocycles. The van der Waals surface area contributed by atoms with Crippen LogP contribution in [0.15, 0.2) is 42.7 Å². The number of ether oxygens (including phenoxy) is 1. The van der Waals surface area contributed by atoms with Crippen molar-refractivity contribution in [3.63, 3.8) is 0 Å². The lowest BCUT2D eigenvalue weighted by molar-refractivity contribution is -0.141. The summed E-state index contributed by atoms with van der Waals surface area (Å²) in [6.07, 6.45) is 3.18. The molecule has 2 aromatic rings. The Morgan fingerprint density at radius 1 is 1.33 bits per heavy atom. The summed E-state index contributed by atoms with van der Waals surface area (Å²) < 4.78 is 6.24. The number of amides is 1. The zero-order valence-corrected chi connectivity index (χ0v) is 11.9. The highest BCUT2D eigenvalue weighted by Crippen LogP contribution is 2.17. The van der Waals surface area contributed by atoms with E-state index in [4.69, 9.17) is 0 Å². The van der Waals surface area contributed by atoms with Crippen molar-refractivity contribution in [2.45, 2.75) is 12.5 Å². The predicted octanol–water partition coefficient (Wildman–Crippen LogP) is 1.45. The topological polar surface area (TPSA) is 73.2 Å². The Morgan fingerprint density at radius 3 is 2.62 bits per heavy atom. The number of esters is 1. The molecule has 0 spiro atoms. The highest BCUT2D eigenvalue weighted by molar-refractivity contribution is 5.94. The number of aromatic nitrogens is 2. The second kappa shape index (κ2) is 6.69. The van der Waals surface area contributed by atoms with Crippen LogP contribution in [-0.2, 0) is 16.6 Å². The first kappa shape index (κ1) is 14.8.